The third-order valence-corrected chi connectivity index (χ3v) is 4.19. The molecule has 0 bridgehead atoms. The summed E-state index contributed by atoms with van der Waals surface area (Å²) in [6.07, 6.45) is 5.61. The van der Waals surface area contributed by atoms with Crippen molar-refractivity contribution in [3.8, 4) is 5.75 Å². The van der Waals surface area contributed by atoms with Gasteiger partial charge in [0.05, 0.1) is 13.2 Å². The molecule has 1 aliphatic heterocycles. The summed E-state index contributed by atoms with van der Waals surface area (Å²) in [6, 6.07) is 11.8. The van der Waals surface area contributed by atoms with Crippen molar-refractivity contribution in [3.05, 3.63) is 59.9 Å². The number of hydrogen-bond acceptors (Lipinski definition) is 3. The monoisotopic (exact) mass is 311 g/mol. The van der Waals surface area contributed by atoms with Gasteiger partial charge in [0, 0.05) is 25.5 Å². The lowest BCUT2D eigenvalue weighted by Gasteiger charge is -2.25. The summed E-state index contributed by atoms with van der Waals surface area (Å²) >= 11 is 0. The van der Waals surface area contributed by atoms with Gasteiger partial charge in [0.15, 0.2) is 0 Å². The molecule has 23 heavy (non-hydrogen) atoms. The van der Waals surface area contributed by atoms with Crippen molar-refractivity contribution in [1.82, 2.24) is 15.2 Å². The second-order valence-corrected chi connectivity index (χ2v) is 5.64. The molecule has 1 aromatic heterocycles. The van der Waals surface area contributed by atoms with E-state index in [0.717, 1.165) is 36.3 Å². The number of carbonyl (C=O) groups is 1. The number of urea groups is 1. The maximum absolute atomic E-state index is 12.5. The number of nitrogens with one attached hydrogen (secondary N) is 1. The number of rotatable bonds is 4. The molecule has 1 aromatic carbocycles. The first-order valence-corrected chi connectivity index (χ1v) is 7.85. The van der Waals surface area contributed by atoms with Crippen molar-refractivity contribution < 1.29 is 9.53 Å². The van der Waals surface area contributed by atoms with Crippen LogP contribution >= 0.6 is 0 Å². The van der Waals surface area contributed by atoms with Crippen molar-refractivity contribution in [1.29, 1.82) is 0 Å². The number of nitrogens with zero attached hydrogens (tertiary/aromatic N) is 2. The summed E-state index contributed by atoms with van der Waals surface area (Å²) in [5, 5.41) is 3.00. The minimum absolute atomic E-state index is 0.0211. The Hall–Kier alpha value is -2.56. The van der Waals surface area contributed by atoms with Crippen molar-refractivity contribution in [3.63, 3.8) is 0 Å². The van der Waals surface area contributed by atoms with Crippen molar-refractivity contribution in [2.24, 2.45) is 0 Å². The summed E-state index contributed by atoms with van der Waals surface area (Å²) in [4.78, 5) is 18.6. The third-order valence-electron chi connectivity index (χ3n) is 4.19. The highest BCUT2D eigenvalue weighted by molar-refractivity contribution is 5.75. The maximum Gasteiger partial charge on any atom is 0.318 e. The van der Waals surface area contributed by atoms with E-state index in [1.54, 1.807) is 13.3 Å². The Morgan fingerprint density at radius 3 is 2.87 bits per heavy atom. The molecule has 0 radical (unpaired) electrons. The number of carbonyl (C=O) groups excluding carboxylic acids is 1. The second-order valence-electron chi connectivity index (χ2n) is 5.64. The fourth-order valence-electron chi connectivity index (χ4n) is 2.95. The van der Waals surface area contributed by atoms with Gasteiger partial charge in [-0.15, -0.1) is 0 Å². The molecular weight excluding hydrogens is 290 g/mol. The third kappa shape index (κ3) is 3.62. The van der Waals surface area contributed by atoms with Gasteiger partial charge in [-0.1, -0.05) is 18.2 Å². The zero-order chi connectivity index (χ0) is 16.1. The Balaban J connectivity index is 1.60. The van der Waals surface area contributed by atoms with Crippen LogP contribution in [0.3, 0.4) is 0 Å². The first-order chi connectivity index (χ1) is 11.3. The number of pyridine rings is 1. The molecule has 5 nitrogen and oxygen atoms in total. The molecule has 1 atom stereocenters. The molecule has 2 amide bonds. The average Bonchev–Trinajstić information content (AvgIpc) is 3.11. The molecule has 1 N–H and O–H groups in total. The Labute approximate surface area is 136 Å². The fourth-order valence-corrected chi connectivity index (χ4v) is 2.95. The van der Waals surface area contributed by atoms with Gasteiger partial charge in [0.2, 0.25) is 0 Å². The second kappa shape index (κ2) is 7.13. The number of amides is 2. The van der Waals surface area contributed by atoms with E-state index in [-0.39, 0.29) is 12.1 Å². The lowest BCUT2D eigenvalue weighted by Crippen LogP contribution is -2.39. The predicted molar refractivity (Wildman–Crippen MR) is 88.1 cm³/mol. The van der Waals surface area contributed by atoms with Gasteiger partial charge >= 0.3 is 6.03 Å². The molecule has 0 saturated carbocycles. The predicted octanol–water partition coefficient (Wildman–Crippen LogP) is 3.14. The molecule has 5 heteroatoms. The van der Waals surface area contributed by atoms with Crippen LogP contribution in [0.2, 0.25) is 0 Å². The minimum atomic E-state index is -0.0211. The topological polar surface area (TPSA) is 54.5 Å². The molecular formula is C18H21N3O2. The molecule has 1 aliphatic rings. The lowest BCUT2D eigenvalue weighted by atomic mass is 10.1. The SMILES string of the molecule is COc1ccc(CNC(=O)N2CCC[C@H]2c2cccnc2)cc1. The highest BCUT2D eigenvalue weighted by Crippen LogP contribution is 2.31. The van der Waals surface area contributed by atoms with E-state index in [1.807, 2.05) is 47.5 Å². The van der Waals surface area contributed by atoms with Crippen LogP contribution in [0.5, 0.6) is 5.75 Å². The smallest absolute Gasteiger partial charge is 0.318 e. The number of ether oxygens (including phenoxy) is 1. The first kappa shape index (κ1) is 15.3. The number of aromatic nitrogens is 1. The number of methoxy groups -OCH3 is 1. The zero-order valence-electron chi connectivity index (χ0n) is 13.2. The van der Waals surface area contributed by atoms with Crippen molar-refractivity contribution in [2.75, 3.05) is 13.7 Å². The van der Waals surface area contributed by atoms with Crippen LogP contribution < -0.4 is 10.1 Å². The summed E-state index contributed by atoms with van der Waals surface area (Å²) in [7, 11) is 1.64. The first-order valence-electron chi connectivity index (χ1n) is 7.85. The van der Waals surface area contributed by atoms with Crippen LogP contribution in [0.25, 0.3) is 0 Å². The normalized spacial score (nSPS) is 17.1. The Morgan fingerprint density at radius 2 is 2.17 bits per heavy atom. The van der Waals surface area contributed by atoms with Crippen molar-refractivity contribution in [2.45, 2.75) is 25.4 Å². The van der Waals surface area contributed by atoms with Gasteiger partial charge in [-0.3, -0.25) is 4.98 Å². The molecule has 1 saturated heterocycles. The van der Waals surface area contributed by atoms with Crippen LogP contribution in [0, 0.1) is 0 Å². The van der Waals surface area contributed by atoms with Gasteiger partial charge < -0.3 is 15.0 Å². The largest absolute Gasteiger partial charge is 0.497 e. The Kier molecular flexibility index (Phi) is 4.76. The minimum Gasteiger partial charge on any atom is -0.497 e. The van der Waals surface area contributed by atoms with Crippen LogP contribution in [0.4, 0.5) is 4.79 Å². The Morgan fingerprint density at radius 1 is 1.35 bits per heavy atom. The number of likely N-dealkylation sites (tertiary alicyclic amines) is 1. The van der Waals surface area contributed by atoms with E-state index < -0.39 is 0 Å². The van der Waals surface area contributed by atoms with Crippen LogP contribution in [0.1, 0.15) is 30.0 Å². The molecule has 2 aromatic rings. The van der Waals surface area contributed by atoms with Gasteiger partial charge in [-0.25, -0.2) is 4.79 Å². The van der Waals surface area contributed by atoms with Crippen LogP contribution in [0.15, 0.2) is 48.8 Å². The van der Waals surface area contributed by atoms with E-state index >= 15 is 0 Å². The zero-order valence-corrected chi connectivity index (χ0v) is 13.2. The van der Waals surface area contributed by atoms with E-state index in [1.165, 1.54) is 0 Å². The molecule has 0 spiro atoms. The highest BCUT2D eigenvalue weighted by atomic mass is 16.5. The van der Waals surface area contributed by atoms with Gasteiger partial charge in [0.1, 0.15) is 5.75 Å². The van der Waals surface area contributed by atoms with E-state index in [9.17, 15) is 4.79 Å². The van der Waals surface area contributed by atoms with Gasteiger partial charge in [0.25, 0.3) is 0 Å². The lowest BCUT2D eigenvalue weighted by molar-refractivity contribution is 0.192. The molecule has 120 valence electrons. The average molecular weight is 311 g/mol. The van der Waals surface area contributed by atoms with Gasteiger partial charge in [-0.05, 0) is 42.2 Å². The molecule has 1 fully saturated rings. The van der Waals surface area contributed by atoms with E-state index in [2.05, 4.69) is 10.3 Å². The molecule has 2 heterocycles. The summed E-state index contributed by atoms with van der Waals surface area (Å²) in [5.74, 6) is 0.816. The molecule has 0 aliphatic carbocycles. The van der Waals surface area contributed by atoms with E-state index in [4.69, 9.17) is 4.74 Å². The summed E-state index contributed by atoms with van der Waals surface area (Å²) in [5.41, 5.74) is 2.15. The number of hydrogen-bond donors (Lipinski definition) is 1. The van der Waals surface area contributed by atoms with Crippen LogP contribution in [-0.4, -0.2) is 29.6 Å². The van der Waals surface area contributed by atoms with Crippen molar-refractivity contribution >= 4 is 6.03 Å². The number of benzene rings is 1. The Bertz CT molecular complexity index is 643. The summed E-state index contributed by atoms with van der Waals surface area (Å²) < 4.78 is 5.14. The van der Waals surface area contributed by atoms with E-state index in [0.29, 0.717) is 6.54 Å². The quantitative estimate of drug-likeness (QED) is 0.944. The summed E-state index contributed by atoms with van der Waals surface area (Å²) in [6.45, 7) is 1.30. The highest BCUT2D eigenvalue weighted by Gasteiger charge is 2.29. The molecule has 3 rings (SSSR count). The maximum atomic E-state index is 12.5. The fraction of sp³-hybridized carbons (Fsp3) is 0.333. The van der Waals surface area contributed by atoms with Crippen LogP contribution in [-0.2, 0) is 6.54 Å². The van der Waals surface area contributed by atoms with Gasteiger partial charge in [-0.2, -0.15) is 0 Å². The molecule has 0 unspecified atom stereocenters. The standard InChI is InChI=1S/C18H21N3O2/c1-23-16-8-6-14(7-9-16)12-20-18(22)21-11-3-5-17(21)15-4-2-10-19-13-15/h2,4,6-10,13,17H,3,5,11-12H2,1H3,(H,20,22)/t17-/m0/s1.